The van der Waals surface area contributed by atoms with Crippen LogP contribution < -0.4 is 0 Å². The number of hydrogen-bond acceptors (Lipinski definition) is 1. The van der Waals surface area contributed by atoms with E-state index in [9.17, 15) is 0 Å². The van der Waals surface area contributed by atoms with Gasteiger partial charge in [0.1, 0.15) is 12.4 Å². The van der Waals surface area contributed by atoms with Gasteiger partial charge in [-0.05, 0) is 69.3 Å². The third-order valence-corrected chi connectivity index (χ3v) is 2.35. The predicted octanol–water partition coefficient (Wildman–Crippen LogP) is 7.05. The van der Waals surface area contributed by atoms with Crippen LogP contribution in [0.4, 0.5) is 0 Å². The van der Waals surface area contributed by atoms with Crippen LogP contribution in [-0.2, 0) is 11.3 Å². The summed E-state index contributed by atoms with van der Waals surface area (Å²) in [4.78, 5) is 0. The van der Waals surface area contributed by atoms with Crippen molar-refractivity contribution < 1.29 is 4.74 Å². The minimum Gasteiger partial charge on any atom is -0.489 e. The Labute approximate surface area is 159 Å². The Morgan fingerprint density at radius 3 is 1.76 bits per heavy atom. The number of ether oxygens (including phenoxy) is 1. The first-order valence-electron chi connectivity index (χ1n) is 6.03. The Bertz CT molecular complexity index is 529. The van der Waals surface area contributed by atoms with Crippen molar-refractivity contribution in [3.8, 4) is 0 Å². The highest BCUT2D eigenvalue weighted by molar-refractivity contribution is 9.52. The standard InChI is InChI=1S/C15H14O.CBr4/c1-13(15-10-6-3-7-11-15)16-12-14-8-4-2-5-9-14;2-1(3,4)5/h2-11H,1,12H2;. The van der Waals surface area contributed by atoms with Crippen molar-refractivity contribution in [2.45, 2.75) is 7.66 Å². The normalized spacial score (nSPS) is 10.3. The first-order chi connectivity index (χ1) is 9.86. The number of hydrogen-bond donors (Lipinski definition) is 0. The molecule has 0 aliphatic rings. The molecule has 0 bridgehead atoms. The van der Waals surface area contributed by atoms with Gasteiger partial charge in [0.15, 0.2) is 1.05 Å². The zero-order valence-corrected chi connectivity index (χ0v) is 17.5. The molecule has 0 N–H and O–H groups in total. The van der Waals surface area contributed by atoms with Crippen LogP contribution >= 0.6 is 63.7 Å². The van der Waals surface area contributed by atoms with Crippen molar-refractivity contribution in [3.63, 3.8) is 0 Å². The molecule has 0 atom stereocenters. The van der Waals surface area contributed by atoms with Gasteiger partial charge in [0.25, 0.3) is 0 Å². The lowest BCUT2D eigenvalue weighted by Gasteiger charge is -2.08. The molecule has 2 rings (SSSR count). The number of rotatable bonds is 4. The van der Waals surface area contributed by atoms with Crippen LogP contribution in [0, 0.1) is 0 Å². The van der Waals surface area contributed by atoms with Gasteiger partial charge in [-0.15, -0.1) is 0 Å². The largest absolute Gasteiger partial charge is 0.489 e. The molecule has 1 nitrogen and oxygen atoms in total. The van der Waals surface area contributed by atoms with Gasteiger partial charge in [-0.1, -0.05) is 67.2 Å². The number of benzene rings is 2. The van der Waals surface area contributed by atoms with E-state index in [0.717, 1.165) is 11.1 Å². The Hall–Kier alpha value is -0.1000. The van der Waals surface area contributed by atoms with Crippen molar-refractivity contribution >= 4 is 69.5 Å². The number of halogens is 4. The van der Waals surface area contributed by atoms with Gasteiger partial charge >= 0.3 is 0 Å². The molecule has 0 fully saturated rings. The third-order valence-electron chi connectivity index (χ3n) is 2.35. The summed E-state index contributed by atoms with van der Waals surface area (Å²) in [7, 11) is 0. The van der Waals surface area contributed by atoms with Gasteiger partial charge in [-0.2, -0.15) is 0 Å². The maximum absolute atomic E-state index is 5.62. The summed E-state index contributed by atoms with van der Waals surface area (Å²) >= 11 is 12.5. The van der Waals surface area contributed by atoms with Gasteiger partial charge in [0, 0.05) is 5.56 Å². The second-order valence-corrected chi connectivity index (χ2v) is 15.1. The van der Waals surface area contributed by atoms with E-state index in [4.69, 9.17) is 4.74 Å². The van der Waals surface area contributed by atoms with E-state index in [1.165, 1.54) is 0 Å². The maximum Gasteiger partial charge on any atom is 0.189 e. The molecule has 0 aliphatic heterocycles. The highest BCUT2D eigenvalue weighted by Gasteiger charge is 2.08. The van der Waals surface area contributed by atoms with E-state index in [2.05, 4.69) is 70.3 Å². The fourth-order valence-corrected chi connectivity index (χ4v) is 1.45. The maximum atomic E-state index is 5.62. The summed E-state index contributed by atoms with van der Waals surface area (Å²) in [6.07, 6.45) is 0. The van der Waals surface area contributed by atoms with Crippen LogP contribution in [0.15, 0.2) is 67.2 Å². The van der Waals surface area contributed by atoms with Crippen LogP contribution in [-0.4, -0.2) is 1.05 Å². The summed E-state index contributed by atoms with van der Waals surface area (Å²) in [6.45, 7) is 4.48. The summed E-state index contributed by atoms with van der Waals surface area (Å²) in [5.74, 6) is 0.712. The SMILES string of the molecule is BrC(Br)(Br)Br.C=C(OCc1ccccc1)c1ccccc1. The first-order valence-corrected chi connectivity index (χ1v) is 9.20. The Morgan fingerprint density at radius 2 is 1.29 bits per heavy atom. The van der Waals surface area contributed by atoms with Crippen molar-refractivity contribution in [3.05, 3.63) is 78.4 Å². The van der Waals surface area contributed by atoms with Crippen LogP contribution in [0.5, 0.6) is 0 Å². The fourth-order valence-electron chi connectivity index (χ4n) is 1.45. The van der Waals surface area contributed by atoms with Gasteiger partial charge in [0.05, 0.1) is 0 Å². The molecule has 112 valence electrons. The topological polar surface area (TPSA) is 9.23 Å². The molecular formula is C16H14Br4O. The first kappa shape index (κ1) is 18.9. The molecule has 2 aromatic carbocycles. The molecule has 0 spiro atoms. The third kappa shape index (κ3) is 10.3. The van der Waals surface area contributed by atoms with E-state index in [1.54, 1.807) is 0 Å². The molecule has 0 radical (unpaired) electrons. The molecule has 0 aliphatic carbocycles. The summed E-state index contributed by atoms with van der Waals surface area (Å²) < 4.78 is 5.37. The predicted molar refractivity (Wildman–Crippen MR) is 105 cm³/mol. The van der Waals surface area contributed by atoms with Crippen molar-refractivity contribution in [2.75, 3.05) is 0 Å². The molecule has 0 amide bonds. The quantitative estimate of drug-likeness (QED) is 0.298. The molecular weight excluding hydrogens is 528 g/mol. The Kier molecular flexibility index (Phi) is 8.86. The van der Waals surface area contributed by atoms with Gasteiger partial charge < -0.3 is 4.74 Å². The monoisotopic (exact) mass is 538 g/mol. The van der Waals surface area contributed by atoms with Crippen molar-refractivity contribution in [1.82, 2.24) is 0 Å². The van der Waals surface area contributed by atoms with E-state index in [1.807, 2.05) is 60.7 Å². The van der Waals surface area contributed by atoms with Crippen LogP contribution in [0.1, 0.15) is 11.1 Å². The molecule has 2 aromatic rings. The molecule has 0 saturated heterocycles. The van der Waals surface area contributed by atoms with Crippen molar-refractivity contribution in [2.24, 2.45) is 0 Å². The van der Waals surface area contributed by atoms with Gasteiger partial charge in [-0.25, -0.2) is 0 Å². The minimum absolute atomic E-state index is 0.250. The zero-order chi connectivity index (χ0) is 15.7. The second-order valence-electron chi connectivity index (χ2n) is 3.99. The van der Waals surface area contributed by atoms with E-state index in [-0.39, 0.29) is 1.05 Å². The van der Waals surface area contributed by atoms with Crippen LogP contribution in [0.3, 0.4) is 0 Å². The smallest absolute Gasteiger partial charge is 0.189 e. The highest BCUT2D eigenvalue weighted by atomic mass is 80.0. The Balaban J connectivity index is 0.000000383. The van der Waals surface area contributed by atoms with E-state index in [0.29, 0.717) is 12.4 Å². The Morgan fingerprint density at radius 1 is 0.857 bits per heavy atom. The highest BCUT2D eigenvalue weighted by Crippen LogP contribution is 2.39. The number of alkyl halides is 4. The lowest BCUT2D eigenvalue weighted by atomic mass is 10.2. The van der Waals surface area contributed by atoms with Crippen molar-refractivity contribution in [1.29, 1.82) is 0 Å². The lowest BCUT2D eigenvalue weighted by molar-refractivity contribution is 0.265. The van der Waals surface area contributed by atoms with Gasteiger partial charge in [-0.3, -0.25) is 0 Å². The van der Waals surface area contributed by atoms with E-state index >= 15 is 0 Å². The molecule has 0 saturated carbocycles. The summed E-state index contributed by atoms with van der Waals surface area (Å²) in [5.41, 5.74) is 2.18. The van der Waals surface area contributed by atoms with Crippen LogP contribution in [0.25, 0.3) is 5.76 Å². The van der Waals surface area contributed by atoms with Crippen LogP contribution in [0.2, 0.25) is 0 Å². The molecule has 5 heteroatoms. The second kappa shape index (κ2) is 9.82. The van der Waals surface area contributed by atoms with Gasteiger partial charge in [0.2, 0.25) is 0 Å². The molecule has 0 heterocycles. The van der Waals surface area contributed by atoms with E-state index < -0.39 is 0 Å². The lowest BCUT2D eigenvalue weighted by Crippen LogP contribution is -1.91. The average Bonchev–Trinajstić information content (AvgIpc) is 2.45. The molecule has 0 unspecified atom stereocenters. The molecule has 0 aromatic heterocycles. The molecule has 21 heavy (non-hydrogen) atoms. The average molecular weight is 542 g/mol. The minimum atomic E-state index is -0.250. The zero-order valence-electron chi connectivity index (χ0n) is 11.1. The summed E-state index contributed by atoms with van der Waals surface area (Å²) in [5, 5.41) is 0. The fraction of sp³-hybridized carbons (Fsp3) is 0.125. The summed E-state index contributed by atoms with van der Waals surface area (Å²) in [6, 6.07) is 20.0.